The first-order valence-electron chi connectivity index (χ1n) is 4.91. The van der Waals surface area contributed by atoms with Crippen LogP contribution in [0.1, 0.15) is 35.4 Å². The van der Waals surface area contributed by atoms with E-state index in [0.717, 1.165) is 25.2 Å². The van der Waals surface area contributed by atoms with E-state index in [1.54, 1.807) is 6.92 Å². The maximum Gasteiger partial charge on any atom is 0.179 e. The number of hydrogen-bond acceptors (Lipinski definition) is 3. The lowest BCUT2D eigenvalue weighted by Crippen LogP contribution is -2.13. The minimum atomic E-state index is 0.0267. The van der Waals surface area contributed by atoms with E-state index in [1.165, 1.54) is 0 Å². The molecule has 0 aromatic carbocycles. The van der Waals surface area contributed by atoms with E-state index in [9.17, 15) is 4.79 Å². The monoisotopic (exact) mass is 193 g/mol. The van der Waals surface area contributed by atoms with Crippen LogP contribution < -0.4 is 0 Å². The number of H-pyrrole nitrogens is 1. The molecule has 0 radical (unpaired) electrons. The Balaban J connectivity index is 2.13. The van der Waals surface area contributed by atoms with Crippen molar-refractivity contribution >= 4 is 5.78 Å². The summed E-state index contributed by atoms with van der Waals surface area (Å²) in [6.07, 6.45) is 1.15. The molecule has 14 heavy (non-hydrogen) atoms. The molecule has 1 N–H and O–H groups in total. The van der Waals surface area contributed by atoms with Gasteiger partial charge in [-0.15, -0.1) is 0 Å². The topological polar surface area (TPSA) is 49.0 Å². The van der Waals surface area contributed by atoms with Crippen molar-refractivity contribution in [3.05, 3.63) is 17.5 Å². The molecule has 1 aliphatic heterocycles. The molecule has 2 rings (SSSR count). The van der Waals surface area contributed by atoms with Gasteiger partial charge < -0.3 is 4.90 Å². The van der Waals surface area contributed by atoms with E-state index < -0.39 is 0 Å². The highest BCUT2D eigenvalue weighted by Gasteiger charge is 2.23. The Labute approximate surface area is 83.3 Å². The van der Waals surface area contributed by atoms with Crippen LogP contribution in [-0.2, 0) is 0 Å². The first kappa shape index (κ1) is 9.40. The Morgan fingerprint density at radius 1 is 1.71 bits per heavy atom. The van der Waals surface area contributed by atoms with Crippen LogP contribution in [0.2, 0.25) is 0 Å². The number of aromatic nitrogens is 2. The summed E-state index contributed by atoms with van der Waals surface area (Å²) in [5.74, 6) is 0.541. The largest absolute Gasteiger partial charge is 0.306 e. The highest BCUT2D eigenvalue weighted by molar-refractivity contribution is 5.92. The van der Waals surface area contributed by atoms with E-state index in [4.69, 9.17) is 0 Å². The summed E-state index contributed by atoms with van der Waals surface area (Å²) in [5, 5.41) is 6.94. The second-order valence-corrected chi connectivity index (χ2v) is 4.01. The molecule has 0 spiro atoms. The Bertz CT molecular complexity index is 345. The van der Waals surface area contributed by atoms with E-state index in [-0.39, 0.29) is 5.78 Å². The van der Waals surface area contributed by atoms with Crippen LogP contribution in [0.15, 0.2) is 6.07 Å². The van der Waals surface area contributed by atoms with Gasteiger partial charge in [-0.25, -0.2) is 0 Å². The van der Waals surface area contributed by atoms with E-state index >= 15 is 0 Å². The van der Waals surface area contributed by atoms with Crippen LogP contribution in [0.4, 0.5) is 0 Å². The van der Waals surface area contributed by atoms with Crippen LogP contribution in [0.5, 0.6) is 0 Å². The molecule has 76 valence electrons. The maximum atomic E-state index is 11.0. The van der Waals surface area contributed by atoms with Gasteiger partial charge in [0.25, 0.3) is 0 Å². The number of Topliss-reactive ketones (excluding diaryl/α,β-unsaturated/α-hetero) is 1. The number of ketones is 1. The van der Waals surface area contributed by atoms with E-state index in [2.05, 4.69) is 22.1 Å². The van der Waals surface area contributed by atoms with Gasteiger partial charge in [0.1, 0.15) is 5.69 Å². The number of aromatic amines is 1. The molecule has 0 saturated carbocycles. The molecule has 0 amide bonds. The fourth-order valence-corrected chi connectivity index (χ4v) is 1.91. The van der Waals surface area contributed by atoms with Crippen molar-refractivity contribution in [2.45, 2.75) is 19.3 Å². The van der Waals surface area contributed by atoms with Gasteiger partial charge in [0.2, 0.25) is 0 Å². The highest BCUT2D eigenvalue weighted by Crippen LogP contribution is 2.24. The minimum absolute atomic E-state index is 0.0267. The molecule has 1 aromatic rings. The Hall–Kier alpha value is -1.16. The number of nitrogens with zero attached hydrogens (tertiary/aromatic N) is 2. The molecular weight excluding hydrogens is 178 g/mol. The first-order valence-corrected chi connectivity index (χ1v) is 4.91. The third kappa shape index (κ3) is 1.70. The Morgan fingerprint density at radius 2 is 2.50 bits per heavy atom. The molecule has 4 nitrogen and oxygen atoms in total. The zero-order valence-corrected chi connectivity index (χ0v) is 8.58. The molecule has 0 aliphatic carbocycles. The molecule has 1 atom stereocenters. The predicted molar refractivity (Wildman–Crippen MR) is 53.4 cm³/mol. The number of likely N-dealkylation sites (N-methyl/N-ethyl adjacent to an activating group) is 1. The SMILES string of the molecule is CC(=O)c1cc(C2CCN(C)C2)[nH]n1. The molecule has 0 bridgehead atoms. The van der Waals surface area contributed by atoms with Crippen molar-refractivity contribution in [3.63, 3.8) is 0 Å². The van der Waals surface area contributed by atoms with Crippen molar-refractivity contribution in [3.8, 4) is 0 Å². The molecule has 1 fully saturated rings. The smallest absolute Gasteiger partial charge is 0.179 e. The summed E-state index contributed by atoms with van der Waals surface area (Å²) in [7, 11) is 2.11. The standard InChI is InChI=1S/C10H15N3O/c1-7(14)9-5-10(12-11-9)8-3-4-13(2)6-8/h5,8H,3-4,6H2,1-2H3,(H,11,12). The lowest BCUT2D eigenvalue weighted by molar-refractivity contribution is 0.101. The number of carbonyl (C=O) groups excluding carboxylic acids is 1. The third-order valence-electron chi connectivity index (χ3n) is 2.79. The summed E-state index contributed by atoms with van der Waals surface area (Å²) in [6, 6.07) is 1.88. The summed E-state index contributed by atoms with van der Waals surface area (Å²) < 4.78 is 0. The highest BCUT2D eigenvalue weighted by atomic mass is 16.1. The van der Waals surface area contributed by atoms with Crippen molar-refractivity contribution in [2.75, 3.05) is 20.1 Å². The van der Waals surface area contributed by atoms with Crippen molar-refractivity contribution in [1.82, 2.24) is 15.1 Å². The van der Waals surface area contributed by atoms with Gasteiger partial charge >= 0.3 is 0 Å². The Kier molecular flexibility index (Phi) is 2.37. The first-order chi connectivity index (χ1) is 6.66. The van der Waals surface area contributed by atoms with Gasteiger partial charge in [-0.1, -0.05) is 0 Å². The molecule has 1 aliphatic rings. The number of carbonyl (C=O) groups is 1. The second kappa shape index (κ2) is 3.53. The molecule has 1 saturated heterocycles. The number of nitrogens with one attached hydrogen (secondary N) is 1. The maximum absolute atomic E-state index is 11.0. The quantitative estimate of drug-likeness (QED) is 0.714. The molecular formula is C10H15N3O. The predicted octanol–water partition coefficient (Wildman–Crippen LogP) is 1.03. The van der Waals surface area contributed by atoms with Gasteiger partial charge in [-0.05, 0) is 26.1 Å². The fourth-order valence-electron chi connectivity index (χ4n) is 1.91. The van der Waals surface area contributed by atoms with Crippen molar-refractivity contribution < 1.29 is 4.79 Å². The van der Waals surface area contributed by atoms with Gasteiger partial charge in [0, 0.05) is 25.1 Å². The third-order valence-corrected chi connectivity index (χ3v) is 2.79. The summed E-state index contributed by atoms with van der Waals surface area (Å²) >= 11 is 0. The summed E-state index contributed by atoms with van der Waals surface area (Å²) in [5.41, 5.74) is 1.65. The minimum Gasteiger partial charge on any atom is -0.306 e. The van der Waals surface area contributed by atoms with Crippen LogP contribution >= 0.6 is 0 Å². The average Bonchev–Trinajstić information content (AvgIpc) is 2.70. The number of rotatable bonds is 2. The van der Waals surface area contributed by atoms with Crippen LogP contribution in [0.3, 0.4) is 0 Å². The van der Waals surface area contributed by atoms with Gasteiger partial charge in [0.15, 0.2) is 5.78 Å². The van der Waals surface area contributed by atoms with Gasteiger partial charge in [-0.3, -0.25) is 9.89 Å². The normalized spacial score (nSPS) is 22.9. The molecule has 4 heteroatoms. The number of hydrogen-bond donors (Lipinski definition) is 1. The van der Waals surface area contributed by atoms with Crippen LogP contribution in [0, 0.1) is 0 Å². The summed E-state index contributed by atoms with van der Waals surface area (Å²) in [4.78, 5) is 13.3. The van der Waals surface area contributed by atoms with Crippen molar-refractivity contribution in [1.29, 1.82) is 0 Å². The number of likely N-dealkylation sites (tertiary alicyclic amines) is 1. The van der Waals surface area contributed by atoms with E-state index in [0.29, 0.717) is 11.6 Å². The van der Waals surface area contributed by atoms with Crippen molar-refractivity contribution in [2.24, 2.45) is 0 Å². The van der Waals surface area contributed by atoms with Gasteiger partial charge in [0.05, 0.1) is 0 Å². The summed E-state index contributed by atoms with van der Waals surface area (Å²) in [6.45, 7) is 3.72. The molecule has 1 unspecified atom stereocenters. The molecule has 1 aromatic heterocycles. The second-order valence-electron chi connectivity index (χ2n) is 4.01. The van der Waals surface area contributed by atoms with E-state index in [1.807, 2.05) is 6.07 Å². The lowest BCUT2D eigenvalue weighted by atomic mass is 10.0. The lowest BCUT2D eigenvalue weighted by Gasteiger charge is -2.07. The fraction of sp³-hybridized carbons (Fsp3) is 0.600. The zero-order chi connectivity index (χ0) is 10.1. The zero-order valence-electron chi connectivity index (χ0n) is 8.58. The molecule has 2 heterocycles. The van der Waals surface area contributed by atoms with Crippen LogP contribution in [0.25, 0.3) is 0 Å². The van der Waals surface area contributed by atoms with Gasteiger partial charge in [-0.2, -0.15) is 5.10 Å². The van der Waals surface area contributed by atoms with Crippen LogP contribution in [-0.4, -0.2) is 41.0 Å². The Morgan fingerprint density at radius 3 is 3.00 bits per heavy atom. The average molecular weight is 193 g/mol.